The summed E-state index contributed by atoms with van der Waals surface area (Å²) >= 11 is 9.73. The number of nitrogens with one attached hydrogen (secondary N) is 1. The second-order valence-corrected chi connectivity index (χ2v) is 6.20. The minimum atomic E-state index is -0.555. The predicted octanol–water partition coefficient (Wildman–Crippen LogP) is 2.88. The molecule has 0 fully saturated rings. The second kappa shape index (κ2) is 7.25. The van der Waals surface area contributed by atoms with Crippen LogP contribution in [-0.4, -0.2) is 30.4 Å². The molecule has 1 N–H and O–H groups in total. The Kier molecular flexibility index (Phi) is 6.31. The van der Waals surface area contributed by atoms with Gasteiger partial charge in [0.05, 0.1) is 12.7 Å². The van der Waals surface area contributed by atoms with Gasteiger partial charge in [-0.05, 0) is 34.1 Å². The number of hydrogen-bond acceptors (Lipinski definition) is 3. The van der Waals surface area contributed by atoms with Crippen molar-refractivity contribution in [2.75, 3.05) is 13.7 Å². The summed E-state index contributed by atoms with van der Waals surface area (Å²) in [4.78, 5) is 22.4. The van der Waals surface area contributed by atoms with Crippen LogP contribution < -0.4 is 5.32 Å². The Hall–Kier alpha value is -0.400. The first-order chi connectivity index (χ1) is 8.45. The maximum atomic E-state index is 11.9. The molecule has 0 heterocycles. The normalized spacial score (nSPS) is 11.8. The van der Waals surface area contributed by atoms with Gasteiger partial charge in [0.25, 0.3) is 5.91 Å². The Morgan fingerprint density at radius 2 is 2.06 bits per heavy atom. The molecule has 1 aromatic carbocycles. The van der Waals surface area contributed by atoms with Gasteiger partial charge in [0, 0.05) is 15.5 Å². The zero-order valence-electron chi connectivity index (χ0n) is 9.38. The molecule has 0 bridgehead atoms. The van der Waals surface area contributed by atoms with Gasteiger partial charge in [-0.3, -0.25) is 9.59 Å². The molecule has 1 rings (SSSR count). The molecular weight excluding hydrogens is 434 g/mol. The zero-order valence-corrected chi connectivity index (χ0v) is 14.1. The van der Waals surface area contributed by atoms with Gasteiger partial charge in [-0.1, -0.05) is 31.9 Å². The van der Waals surface area contributed by atoms with Crippen LogP contribution in [-0.2, 0) is 9.53 Å². The molecule has 4 nitrogen and oxygen atoms in total. The highest BCUT2D eigenvalue weighted by Gasteiger charge is 2.17. The molecule has 0 spiro atoms. The van der Waals surface area contributed by atoms with Crippen molar-refractivity contribution in [3.05, 3.63) is 32.7 Å². The summed E-state index contributed by atoms with van der Waals surface area (Å²) in [5.74, 6) is -0.687. The number of carbonyl (C=O) groups excluding carboxylic acids is 2. The third-order valence-electron chi connectivity index (χ3n) is 2.07. The smallest absolute Gasteiger partial charge is 0.321 e. The fourth-order valence-electron chi connectivity index (χ4n) is 1.16. The van der Waals surface area contributed by atoms with E-state index in [9.17, 15) is 9.59 Å². The van der Waals surface area contributed by atoms with Gasteiger partial charge in [0.2, 0.25) is 0 Å². The number of amides is 1. The van der Waals surface area contributed by atoms with E-state index in [-0.39, 0.29) is 12.5 Å². The summed E-state index contributed by atoms with van der Waals surface area (Å²) in [5, 5.41) is 2.64. The van der Waals surface area contributed by atoms with Gasteiger partial charge in [-0.25, -0.2) is 0 Å². The van der Waals surface area contributed by atoms with Crippen molar-refractivity contribution in [1.82, 2.24) is 5.32 Å². The van der Waals surface area contributed by atoms with Crippen LogP contribution in [0.25, 0.3) is 0 Å². The average molecular weight is 444 g/mol. The molecule has 1 amide bonds. The van der Waals surface area contributed by atoms with E-state index in [1.807, 2.05) is 0 Å². The van der Waals surface area contributed by atoms with E-state index in [0.29, 0.717) is 10.0 Å². The SMILES string of the molecule is COC(=O)C(Br)CNC(=O)c1ccc(Br)cc1Br. The number of esters is 1. The Labute approximate surface area is 130 Å². The molecular formula is C11H10Br3NO3. The summed E-state index contributed by atoms with van der Waals surface area (Å²) in [6.45, 7) is 0.161. The van der Waals surface area contributed by atoms with Crippen molar-refractivity contribution >= 4 is 59.7 Å². The van der Waals surface area contributed by atoms with Gasteiger partial charge in [0.1, 0.15) is 4.83 Å². The maximum absolute atomic E-state index is 11.9. The largest absolute Gasteiger partial charge is 0.468 e. The molecule has 0 aliphatic heterocycles. The summed E-state index contributed by atoms with van der Waals surface area (Å²) in [6.07, 6.45) is 0. The average Bonchev–Trinajstić information content (AvgIpc) is 2.34. The summed E-state index contributed by atoms with van der Waals surface area (Å²) in [5.41, 5.74) is 0.503. The van der Waals surface area contributed by atoms with Crippen LogP contribution in [0, 0.1) is 0 Å². The van der Waals surface area contributed by atoms with E-state index in [4.69, 9.17) is 0 Å². The Balaban J connectivity index is 2.63. The second-order valence-electron chi connectivity index (χ2n) is 3.32. The molecule has 98 valence electrons. The lowest BCUT2D eigenvalue weighted by Gasteiger charge is -2.10. The van der Waals surface area contributed by atoms with E-state index in [2.05, 4.69) is 57.8 Å². The molecule has 0 aliphatic carbocycles. The lowest BCUT2D eigenvalue weighted by molar-refractivity contribution is -0.139. The van der Waals surface area contributed by atoms with Crippen molar-refractivity contribution in [2.45, 2.75) is 4.83 Å². The number of ether oxygens (including phenoxy) is 1. The van der Waals surface area contributed by atoms with Crippen molar-refractivity contribution in [3.8, 4) is 0 Å². The van der Waals surface area contributed by atoms with Gasteiger partial charge in [-0.2, -0.15) is 0 Å². The molecule has 0 aliphatic rings. The zero-order chi connectivity index (χ0) is 13.7. The number of alkyl halides is 1. The number of halogens is 3. The lowest BCUT2D eigenvalue weighted by Crippen LogP contribution is -2.34. The topological polar surface area (TPSA) is 55.4 Å². The quantitative estimate of drug-likeness (QED) is 0.575. The summed E-state index contributed by atoms with van der Waals surface area (Å²) in [6, 6.07) is 5.23. The van der Waals surface area contributed by atoms with Crippen LogP contribution in [0.4, 0.5) is 0 Å². The number of methoxy groups -OCH3 is 1. The maximum Gasteiger partial charge on any atom is 0.321 e. The standard InChI is InChI=1S/C11H10Br3NO3/c1-18-11(17)9(14)5-15-10(16)7-3-2-6(12)4-8(7)13/h2-4,9H,5H2,1H3,(H,15,16). The number of rotatable bonds is 4. The first-order valence-electron chi connectivity index (χ1n) is 4.91. The van der Waals surface area contributed by atoms with E-state index >= 15 is 0 Å². The van der Waals surface area contributed by atoms with Crippen LogP contribution in [0.3, 0.4) is 0 Å². The molecule has 0 radical (unpaired) electrons. The number of benzene rings is 1. The van der Waals surface area contributed by atoms with Gasteiger partial charge >= 0.3 is 5.97 Å². The molecule has 0 aromatic heterocycles. The monoisotopic (exact) mass is 441 g/mol. The molecule has 1 unspecified atom stereocenters. The minimum absolute atomic E-state index is 0.161. The first-order valence-corrected chi connectivity index (χ1v) is 7.41. The fraction of sp³-hybridized carbons (Fsp3) is 0.273. The molecule has 7 heteroatoms. The Bertz CT molecular complexity index is 465. The molecule has 1 aromatic rings. The van der Waals surface area contributed by atoms with Gasteiger partial charge < -0.3 is 10.1 Å². The summed E-state index contributed by atoms with van der Waals surface area (Å²) < 4.78 is 6.09. The van der Waals surface area contributed by atoms with E-state index < -0.39 is 10.8 Å². The van der Waals surface area contributed by atoms with E-state index in [0.717, 1.165) is 4.47 Å². The fourth-order valence-corrected chi connectivity index (χ4v) is 2.74. The van der Waals surface area contributed by atoms with Gasteiger partial charge in [0.15, 0.2) is 0 Å². The highest BCUT2D eigenvalue weighted by atomic mass is 79.9. The van der Waals surface area contributed by atoms with E-state index in [1.54, 1.807) is 18.2 Å². The van der Waals surface area contributed by atoms with Crippen molar-refractivity contribution in [1.29, 1.82) is 0 Å². The van der Waals surface area contributed by atoms with Crippen LogP contribution in [0.15, 0.2) is 27.1 Å². The van der Waals surface area contributed by atoms with Crippen molar-refractivity contribution < 1.29 is 14.3 Å². The number of hydrogen-bond donors (Lipinski definition) is 1. The van der Waals surface area contributed by atoms with Crippen molar-refractivity contribution in [2.24, 2.45) is 0 Å². The van der Waals surface area contributed by atoms with Crippen LogP contribution >= 0.6 is 47.8 Å². The highest BCUT2D eigenvalue weighted by molar-refractivity contribution is 9.11. The third-order valence-corrected chi connectivity index (χ3v) is 3.92. The molecule has 18 heavy (non-hydrogen) atoms. The molecule has 1 atom stereocenters. The highest BCUT2D eigenvalue weighted by Crippen LogP contribution is 2.21. The minimum Gasteiger partial charge on any atom is -0.468 e. The Morgan fingerprint density at radius 3 is 2.61 bits per heavy atom. The Morgan fingerprint density at radius 1 is 1.39 bits per heavy atom. The molecule has 0 saturated carbocycles. The van der Waals surface area contributed by atoms with E-state index in [1.165, 1.54) is 7.11 Å². The predicted molar refractivity (Wildman–Crippen MR) is 78.9 cm³/mol. The first kappa shape index (κ1) is 15.7. The van der Waals surface area contributed by atoms with Crippen LogP contribution in [0.1, 0.15) is 10.4 Å². The number of carbonyl (C=O) groups is 2. The van der Waals surface area contributed by atoms with Crippen molar-refractivity contribution in [3.63, 3.8) is 0 Å². The van der Waals surface area contributed by atoms with Gasteiger partial charge in [-0.15, -0.1) is 0 Å². The summed E-state index contributed by atoms with van der Waals surface area (Å²) in [7, 11) is 1.30. The van der Waals surface area contributed by atoms with Crippen LogP contribution in [0.5, 0.6) is 0 Å². The third kappa shape index (κ3) is 4.37. The van der Waals surface area contributed by atoms with Crippen LogP contribution in [0.2, 0.25) is 0 Å². The lowest BCUT2D eigenvalue weighted by atomic mass is 10.2. The molecule has 0 saturated heterocycles.